The summed E-state index contributed by atoms with van der Waals surface area (Å²) in [6, 6.07) is 10.7. The van der Waals surface area contributed by atoms with Crippen LogP contribution in [0.1, 0.15) is 5.56 Å². The number of aromatic hydroxyl groups is 1. The minimum Gasteiger partial charge on any atom is -0.502 e. The van der Waals surface area contributed by atoms with E-state index in [1.807, 2.05) is 24.3 Å². The molecule has 2 aromatic rings. The third kappa shape index (κ3) is 4.03. The highest BCUT2D eigenvalue weighted by atomic mass is 79.9. The Morgan fingerprint density at radius 1 is 1.15 bits per heavy atom. The largest absolute Gasteiger partial charge is 0.502 e. The third-order valence-electron chi connectivity index (χ3n) is 3.51. The number of phenolic OH excluding ortho intramolecular Hbond substituents is 1. The van der Waals surface area contributed by atoms with Gasteiger partial charge in [0.2, 0.25) is 5.75 Å². The molecule has 2 aromatic carbocycles. The Labute approximate surface area is 163 Å². The van der Waals surface area contributed by atoms with Gasteiger partial charge in [-0.05, 0) is 59.8 Å². The van der Waals surface area contributed by atoms with Crippen molar-refractivity contribution in [2.45, 2.75) is 0 Å². The Hall–Kier alpha value is -2.45. The quantitative estimate of drug-likeness (QED) is 0.709. The van der Waals surface area contributed by atoms with E-state index < -0.39 is 0 Å². The maximum atomic E-state index is 12.2. The van der Waals surface area contributed by atoms with Crippen LogP contribution in [-0.4, -0.2) is 30.4 Å². The molecule has 8 heteroatoms. The number of amides is 1. The predicted octanol–water partition coefficient (Wildman–Crippen LogP) is 4.06. The molecule has 1 fully saturated rings. The molecule has 2 N–H and O–H groups in total. The van der Waals surface area contributed by atoms with Gasteiger partial charge in [-0.25, -0.2) is 4.99 Å². The highest BCUT2D eigenvalue weighted by molar-refractivity contribution is 9.10. The monoisotopic (exact) mass is 434 g/mol. The van der Waals surface area contributed by atoms with Crippen molar-refractivity contribution in [3.63, 3.8) is 0 Å². The molecule has 26 heavy (non-hydrogen) atoms. The number of amidine groups is 1. The maximum Gasteiger partial charge on any atom is 0.264 e. The van der Waals surface area contributed by atoms with Crippen molar-refractivity contribution >= 4 is 50.5 Å². The zero-order valence-electron chi connectivity index (χ0n) is 13.9. The van der Waals surface area contributed by atoms with Crippen LogP contribution in [0.5, 0.6) is 17.2 Å². The Bertz CT molecular complexity index is 885. The number of halogens is 1. The first-order chi connectivity index (χ1) is 12.5. The molecule has 6 nitrogen and oxygen atoms in total. The second-order valence-electron chi connectivity index (χ2n) is 5.23. The van der Waals surface area contributed by atoms with E-state index in [0.717, 1.165) is 10.2 Å². The molecule has 0 bridgehead atoms. The SMILES string of the molecule is COc1cc(/C=C2/SC(=Nc3ccc(Br)cc3)NC2=O)cc(OC)c1O. The first-order valence-electron chi connectivity index (χ1n) is 7.50. The average molecular weight is 435 g/mol. The number of hydrogen-bond acceptors (Lipinski definition) is 6. The van der Waals surface area contributed by atoms with Crippen LogP contribution in [-0.2, 0) is 4.79 Å². The summed E-state index contributed by atoms with van der Waals surface area (Å²) in [5.74, 6) is 0.210. The lowest BCUT2D eigenvalue weighted by Gasteiger charge is -2.09. The molecule has 134 valence electrons. The van der Waals surface area contributed by atoms with Crippen molar-refractivity contribution in [3.8, 4) is 17.2 Å². The molecule has 1 aliphatic rings. The van der Waals surface area contributed by atoms with E-state index in [4.69, 9.17) is 9.47 Å². The van der Waals surface area contributed by atoms with Gasteiger partial charge in [0.05, 0.1) is 24.8 Å². The molecule has 0 spiro atoms. The highest BCUT2D eigenvalue weighted by Gasteiger charge is 2.24. The molecule has 1 aliphatic heterocycles. The van der Waals surface area contributed by atoms with Crippen LogP contribution in [0.4, 0.5) is 5.69 Å². The Kier molecular flexibility index (Phi) is 5.53. The number of benzene rings is 2. The first-order valence-corrected chi connectivity index (χ1v) is 9.11. The van der Waals surface area contributed by atoms with Gasteiger partial charge in [0.25, 0.3) is 5.91 Å². The number of methoxy groups -OCH3 is 2. The normalized spacial score (nSPS) is 16.8. The molecular weight excluding hydrogens is 420 g/mol. The molecule has 1 heterocycles. The van der Waals surface area contributed by atoms with E-state index in [2.05, 4.69) is 26.2 Å². The Balaban J connectivity index is 1.88. The number of hydrogen-bond donors (Lipinski definition) is 2. The minimum absolute atomic E-state index is 0.0850. The molecule has 0 aliphatic carbocycles. The van der Waals surface area contributed by atoms with Gasteiger partial charge < -0.3 is 19.9 Å². The third-order valence-corrected chi connectivity index (χ3v) is 4.95. The highest BCUT2D eigenvalue weighted by Crippen LogP contribution is 2.38. The molecule has 0 atom stereocenters. The number of rotatable bonds is 4. The van der Waals surface area contributed by atoms with Crippen molar-refractivity contribution in [2.24, 2.45) is 4.99 Å². The molecule has 1 saturated heterocycles. The van der Waals surface area contributed by atoms with Gasteiger partial charge >= 0.3 is 0 Å². The number of carbonyl (C=O) groups is 1. The average Bonchev–Trinajstić information content (AvgIpc) is 2.97. The molecule has 1 amide bonds. The fraction of sp³-hybridized carbons (Fsp3) is 0.111. The van der Waals surface area contributed by atoms with E-state index in [1.54, 1.807) is 18.2 Å². The number of ether oxygens (including phenoxy) is 2. The van der Waals surface area contributed by atoms with Crippen LogP contribution in [0.2, 0.25) is 0 Å². The number of thioether (sulfide) groups is 1. The predicted molar refractivity (Wildman–Crippen MR) is 106 cm³/mol. The van der Waals surface area contributed by atoms with Crippen molar-refractivity contribution in [3.05, 3.63) is 51.3 Å². The number of aliphatic imine (C=N–C) groups is 1. The summed E-state index contributed by atoms with van der Waals surface area (Å²) in [5, 5.41) is 13.2. The van der Waals surface area contributed by atoms with Gasteiger partial charge in [-0.15, -0.1) is 0 Å². The van der Waals surface area contributed by atoms with Crippen molar-refractivity contribution in [2.75, 3.05) is 14.2 Å². The number of nitrogens with zero attached hydrogens (tertiary/aromatic N) is 1. The van der Waals surface area contributed by atoms with E-state index >= 15 is 0 Å². The second-order valence-corrected chi connectivity index (χ2v) is 7.18. The molecule has 0 aromatic heterocycles. The standard InChI is InChI=1S/C18H15BrN2O4S/c1-24-13-7-10(8-14(25-2)16(13)22)9-15-17(23)21-18(26-15)20-12-5-3-11(19)4-6-12/h3-9,22H,1-2H3,(H,20,21,23)/b15-9+. The van der Waals surface area contributed by atoms with Gasteiger partial charge in [-0.1, -0.05) is 15.9 Å². The van der Waals surface area contributed by atoms with Crippen LogP contribution in [0.15, 0.2) is 50.8 Å². The van der Waals surface area contributed by atoms with E-state index in [9.17, 15) is 9.90 Å². The fourth-order valence-electron chi connectivity index (χ4n) is 2.26. The fourth-order valence-corrected chi connectivity index (χ4v) is 3.37. The summed E-state index contributed by atoms with van der Waals surface area (Å²) < 4.78 is 11.2. The Morgan fingerprint density at radius 3 is 2.35 bits per heavy atom. The van der Waals surface area contributed by atoms with Gasteiger partial charge in [0, 0.05) is 4.47 Å². The molecule has 0 unspecified atom stereocenters. The lowest BCUT2D eigenvalue weighted by molar-refractivity contribution is -0.115. The molecular formula is C18H15BrN2O4S. The smallest absolute Gasteiger partial charge is 0.264 e. The van der Waals surface area contributed by atoms with Crippen molar-refractivity contribution in [1.82, 2.24) is 5.32 Å². The van der Waals surface area contributed by atoms with E-state index in [0.29, 0.717) is 15.6 Å². The number of carbonyl (C=O) groups excluding carboxylic acids is 1. The summed E-state index contributed by atoms with van der Waals surface area (Å²) in [7, 11) is 2.90. The van der Waals surface area contributed by atoms with Gasteiger partial charge in [-0.2, -0.15) is 0 Å². The van der Waals surface area contributed by atoms with Crippen LogP contribution >= 0.6 is 27.7 Å². The second kappa shape index (κ2) is 7.84. The lowest BCUT2D eigenvalue weighted by Crippen LogP contribution is -2.19. The number of nitrogens with one attached hydrogen (secondary N) is 1. The van der Waals surface area contributed by atoms with Crippen LogP contribution < -0.4 is 14.8 Å². The van der Waals surface area contributed by atoms with E-state index in [-0.39, 0.29) is 23.2 Å². The minimum atomic E-state index is -0.239. The van der Waals surface area contributed by atoms with E-state index in [1.165, 1.54) is 26.0 Å². The topological polar surface area (TPSA) is 80.2 Å². The molecule has 3 rings (SSSR count). The van der Waals surface area contributed by atoms with Crippen LogP contribution in [0.3, 0.4) is 0 Å². The molecule has 0 radical (unpaired) electrons. The lowest BCUT2D eigenvalue weighted by atomic mass is 10.1. The summed E-state index contributed by atoms with van der Waals surface area (Å²) in [5.41, 5.74) is 1.41. The maximum absolute atomic E-state index is 12.2. The van der Waals surface area contributed by atoms with Crippen molar-refractivity contribution < 1.29 is 19.4 Å². The Morgan fingerprint density at radius 2 is 1.77 bits per heavy atom. The zero-order chi connectivity index (χ0) is 18.7. The van der Waals surface area contributed by atoms with Crippen LogP contribution in [0.25, 0.3) is 6.08 Å². The van der Waals surface area contributed by atoms with Gasteiger partial charge in [-0.3, -0.25) is 4.79 Å². The van der Waals surface area contributed by atoms with Crippen LogP contribution in [0, 0.1) is 0 Å². The molecule has 0 saturated carbocycles. The van der Waals surface area contributed by atoms with Gasteiger partial charge in [0.1, 0.15) is 0 Å². The first kappa shape index (κ1) is 18.3. The summed E-state index contributed by atoms with van der Waals surface area (Å²) in [6.07, 6.45) is 1.69. The summed E-state index contributed by atoms with van der Waals surface area (Å²) in [6.45, 7) is 0. The van der Waals surface area contributed by atoms with Gasteiger partial charge in [0.15, 0.2) is 16.7 Å². The number of phenols is 1. The summed E-state index contributed by atoms with van der Waals surface area (Å²) in [4.78, 5) is 17.1. The van der Waals surface area contributed by atoms with Crippen molar-refractivity contribution in [1.29, 1.82) is 0 Å². The summed E-state index contributed by atoms with van der Waals surface area (Å²) >= 11 is 4.61. The zero-order valence-corrected chi connectivity index (χ0v) is 16.3.